The van der Waals surface area contributed by atoms with Crippen LogP contribution in [0.1, 0.15) is 25.3 Å². The second-order valence-corrected chi connectivity index (χ2v) is 3.69. The van der Waals surface area contributed by atoms with Gasteiger partial charge in [-0.15, -0.1) is 0 Å². The Morgan fingerprint density at radius 1 is 1.59 bits per heavy atom. The van der Waals surface area contributed by atoms with E-state index in [-0.39, 0.29) is 6.54 Å². The maximum Gasteiger partial charge on any atom is 0.344 e. The smallest absolute Gasteiger partial charge is 0.344 e. The van der Waals surface area contributed by atoms with E-state index in [0.717, 1.165) is 0 Å². The molecule has 0 spiro atoms. The minimum atomic E-state index is -1.03. The Bertz CT molecular complexity index is 395. The number of carbonyl (C=O) groups is 1. The molecular formula is C12H16FNO3. The van der Waals surface area contributed by atoms with Gasteiger partial charge in [0, 0.05) is 12.1 Å². The molecule has 0 radical (unpaired) electrons. The van der Waals surface area contributed by atoms with Gasteiger partial charge in [0.2, 0.25) is 0 Å². The number of halogens is 1. The fourth-order valence-corrected chi connectivity index (χ4v) is 1.47. The number of nitrogens with two attached hydrogens (primary N) is 1. The lowest BCUT2D eigenvalue weighted by Gasteiger charge is -2.16. The Kier molecular flexibility index (Phi) is 4.90. The van der Waals surface area contributed by atoms with E-state index in [9.17, 15) is 9.18 Å². The van der Waals surface area contributed by atoms with Crippen molar-refractivity contribution < 1.29 is 19.0 Å². The Labute approximate surface area is 99.2 Å². The van der Waals surface area contributed by atoms with Crippen molar-refractivity contribution in [3.05, 3.63) is 29.6 Å². The zero-order valence-corrected chi connectivity index (χ0v) is 9.65. The zero-order valence-electron chi connectivity index (χ0n) is 9.65. The fourth-order valence-electron chi connectivity index (χ4n) is 1.47. The van der Waals surface area contributed by atoms with Crippen LogP contribution in [0.5, 0.6) is 5.75 Å². The molecule has 0 aromatic heterocycles. The number of hydrogen-bond donors (Lipinski definition) is 2. The predicted octanol–water partition coefficient (Wildman–Crippen LogP) is 1.92. The SMILES string of the molecule is CCCC(Oc1ccc(F)cc1CN)C(=O)O. The molecule has 17 heavy (non-hydrogen) atoms. The van der Waals surface area contributed by atoms with Gasteiger partial charge >= 0.3 is 5.97 Å². The van der Waals surface area contributed by atoms with E-state index < -0.39 is 17.9 Å². The lowest BCUT2D eigenvalue weighted by Crippen LogP contribution is -2.27. The summed E-state index contributed by atoms with van der Waals surface area (Å²) in [5, 5.41) is 8.95. The van der Waals surface area contributed by atoms with Crippen LogP contribution in [0, 0.1) is 5.82 Å². The molecule has 3 N–H and O–H groups in total. The summed E-state index contributed by atoms with van der Waals surface area (Å²) in [4.78, 5) is 10.9. The standard InChI is InChI=1S/C12H16FNO3/c1-2-3-11(12(15)16)17-10-5-4-9(13)6-8(10)7-14/h4-6,11H,2-3,7,14H2,1H3,(H,15,16). The highest BCUT2D eigenvalue weighted by molar-refractivity contribution is 5.72. The van der Waals surface area contributed by atoms with Crippen molar-refractivity contribution in [2.75, 3.05) is 0 Å². The molecule has 94 valence electrons. The molecule has 1 unspecified atom stereocenters. The van der Waals surface area contributed by atoms with Crippen molar-refractivity contribution in [3.63, 3.8) is 0 Å². The molecule has 0 heterocycles. The summed E-state index contributed by atoms with van der Waals surface area (Å²) < 4.78 is 18.3. The highest BCUT2D eigenvalue weighted by atomic mass is 19.1. The largest absolute Gasteiger partial charge is 0.479 e. The van der Waals surface area contributed by atoms with Crippen molar-refractivity contribution >= 4 is 5.97 Å². The second kappa shape index (κ2) is 6.20. The number of rotatable bonds is 6. The van der Waals surface area contributed by atoms with E-state index in [2.05, 4.69) is 0 Å². The molecule has 0 bridgehead atoms. The van der Waals surface area contributed by atoms with Gasteiger partial charge in [0.1, 0.15) is 11.6 Å². The van der Waals surface area contributed by atoms with Crippen molar-refractivity contribution in [1.29, 1.82) is 0 Å². The molecule has 1 rings (SSSR count). The molecular weight excluding hydrogens is 225 g/mol. The number of carboxylic acids is 1. The Morgan fingerprint density at radius 2 is 2.29 bits per heavy atom. The molecule has 1 aromatic rings. The summed E-state index contributed by atoms with van der Waals surface area (Å²) in [6, 6.07) is 3.88. The van der Waals surface area contributed by atoms with Gasteiger partial charge in [-0.25, -0.2) is 9.18 Å². The molecule has 0 aliphatic carbocycles. The molecule has 0 saturated heterocycles. The number of ether oxygens (including phenoxy) is 1. The molecule has 0 saturated carbocycles. The highest BCUT2D eigenvalue weighted by Gasteiger charge is 2.19. The third kappa shape index (κ3) is 3.71. The lowest BCUT2D eigenvalue weighted by atomic mass is 10.1. The summed E-state index contributed by atoms with van der Waals surface area (Å²) in [7, 11) is 0. The molecule has 0 fully saturated rings. The van der Waals surface area contributed by atoms with Crippen LogP contribution in [0.2, 0.25) is 0 Å². The van der Waals surface area contributed by atoms with Crippen LogP contribution < -0.4 is 10.5 Å². The first-order chi connectivity index (χ1) is 8.08. The maximum absolute atomic E-state index is 13.0. The fraction of sp³-hybridized carbons (Fsp3) is 0.417. The van der Waals surface area contributed by atoms with Gasteiger partial charge in [0.05, 0.1) is 0 Å². The molecule has 0 aliphatic heterocycles. The van der Waals surface area contributed by atoms with Crippen LogP contribution in [0.15, 0.2) is 18.2 Å². The molecule has 4 nitrogen and oxygen atoms in total. The summed E-state index contributed by atoms with van der Waals surface area (Å²) in [6.07, 6.45) is 0.170. The van der Waals surface area contributed by atoms with Gasteiger partial charge in [-0.05, 0) is 24.6 Å². The summed E-state index contributed by atoms with van der Waals surface area (Å²) in [6.45, 7) is 1.97. The second-order valence-electron chi connectivity index (χ2n) is 3.69. The summed E-state index contributed by atoms with van der Waals surface area (Å²) >= 11 is 0. The molecule has 1 atom stereocenters. The first-order valence-electron chi connectivity index (χ1n) is 5.46. The zero-order chi connectivity index (χ0) is 12.8. The molecule has 0 amide bonds. The first kappa shape index (κ1) is 13.4. The summed E-state index contributed by atoms with van der Waals surface area (Å²) in [5.74, 6) is -1.12. The van der Waals surface area contributed by atoms with Gasteiger partial charge in [0.25, 0.3) is 0 Å². The topological polar surface area (TPSA) is 72.5 Å². The van der Waals surface area contributed by atoms with Crippen molar-refractivity contribution in [2.24, 2.45) is 5.73 Å². The van der Waals surface area contributed by atoms with Crippen LogP contribution in [0.4, 0.5) is 4.39 Å². The Morgan fingerprint density at radius 3 is 2.82 bits per heavy atom. The van der Waals surface area contributed by atoms with E-state index >= 15 is 0 Å². The quantitative estimate of drug-likeness (QED) is 0.798. The van der Waals surface area contributed by atoms with Gasteiger partial charge in [-0.1, -0.05) is 13.3 Å². The minimum Gasteiger partial charge on any atom is -0.479 e. The lowest BCUT2D eigenvalue weighted by molar-refractivity contribution is -0.145. The number of benzene rings is 1. The number of aliphatic carboxylic acids is 1. The number of hydrogen-bond acceptors (Lipinski definition) is 3. The molecule has 0 aliphatic rings. The Balaban J connectivity index is 2.88. The van der Waals surface area contributed by atoms with E-state index in [1.807, 2.05) is 6.92 Å². The van der Waals surface area contributed by atoms with E-state index in [4.69, 9.17) is 15.6 Å². The normalized spacial score (nSPS) is 12.2. The minimum absolute atomic E-state index is 0.103. The molecule has 1 aromatic carbocycles. The van der Waals surface area contributed by atoms with Crippen LogP contribution >= 0.6 is 0 Å². The van der Waals surface area contributed by atoms with Crippen LogP contribution in [0.25, 0.3) is 0 Å². The van der Waals surface area contributed by atoms with Crippen molar-refractivity contribution in [1.82, 2.24) is 0 Å². The highest BCUT2D eigenvalue weighted by Crippen LogP contribution is 2.21. The van der Waals surface area contributed by atoms with E-state index in [1.165, 1.54) is 18.2 Å². The molecule has 5 heteroatoms. The average molecular weight is 241 g/mol. The third-order valence-electron chi connectivity index (χ3n) is 2.34. The van der Waals surface area contributed by atoms with Crippen LogP contribution in [-0.2, 0) is 11.3 Å². The van der Waals surface area contributed by atoms with Crippen LogP contribution in [0.3, 0.4) is 0 Å². The Hall–Kier alpha value is -1.62. The summed E-state index contributed by atoms with van der Waals surface area (Å²) in [5.41, 5.74) is 5.92. The maximum atomic E-state index is 13.0. The predicted molar refractivity (Wildman–Crippen MR) is 61.3 cm³/mol. The van der Waals surface area contributed by atoms with Crippen molar-refractivity contribution in [2.45, 2.75) is 32.4 Å². The van der Waals surface area contributed by atoms with Gasteiger partial charge in [-0.3, -0.25) is 0 Å². The van der Waals surface area contributed by atoms with E-state index in [1.54, 1.807) is 0 Å². The van der Waals surface area contributed by atoms with Crippen molar-refractivity contribution in [3.8, 4) is 5.75 Å². The third-order valence-corrected chi connectivity index (χ3v) is 2.34. The van der Waals surface area contributed by atoms with Gasteiger partial charge in [-0.2, -0.15) is 0 Å². The van der Waals surface area contributed by atoms with Crippen LogP contribution in [-0.4, -0.2) is 17.2 Å². The first-order valence-corrected chi connectivity index (χ1v) is 5.46. The number of carboxylic acid groups (broad SMARTS) is 1. The van der Waals surface area contributed by atoms with Gasteiger partial charge < -0.3 is 15.6 Å². The average Bonchev–Trinajstić information content (AvgIpc) is 2.30. The van der Waals surface area contributed by atoms with E-state index in [0.29, 0.717) is 24.2 Å². The monoisotopic (exact) mass is 241 g/mol. The van der Waals surface area contributed by atoms with Gasteiger partial charge in [0.15, 0.2) is 6.10 Å².